The maximum Gasteiger partial charge on any atom is 0.250 e. The van der Waals surface area contributed by atoms with E-state index in [4.69, 9.17) is 9.47 Å². The summed E-state index contributed by atoms with van der Waals surface area (Å²) in [6.45, 7) is 0.588. The molecule has 1 unspecified atom stereocenters. The van der Waals surface area contributed by atoms with Crippen LogP contribution in [0.15, 0.2) is 23.1 Å². The maximum absolute atomic E-state index is 13.1. The number of rotatable bonds is 5. The van der Waals surface area contributed by atoms with Crippen LogP contribution in [0.25, 0.3) is 0 Å². The van der Waals surface area contributed by atoms with Gasteiger partial charge in [-0.05, 0) is 43.7 Å². The van der Waals surface area contributed by atoms with Crippen molar-refractivity contribution in [3.63, 3.8) is 0 Å². The van der Waals surface area contributed by atoms with E-state index in [-0.39, 0.29) is 10.9 Å². The van der Waals surface area contributed by atoms with Gasteiger partial charge < -0.3 is 9.47 Å². The number of benzene rings is 1. The molecule has 1 atom stereocenters. The fourth-order valence-corrected chi connectivity index (χ4v) is 5.25. The van der Waals surface area contributed by atoms with Crippen LogP contribution in [0.4, 0.5) is 0 Å². The molecule has 2 aliphatic rings. The van der Waals surface area contributed by atoms with Crippen molar-refractivity contribution in [2.24, 2.45) is 5.92 Å². The molecule has 1 aromatic rings. The molecule has 21 heavy (non-hydrogen) atoms. The molecule has 116 valence electrons. The minimum atomic E-state index is -3.60. The number of hydrogen-bond donors (Lipinski definition) is 0. The maximum atomic E-state index is 13.1. The van der Waals surface area contributed by atoms with Crippen molar-refractivity contribution in [3.8, 4) is 11.5 Å². The number of sulfonamides is 1. The van der Waals surface area contributed by atoms with E-state index < -0.39 is 10.0 Å². The Morgan fingerprint density at radius 1 is 1.10 bits per heavy atom. The van der Waals surface area contributed by atoms with Crippen molar-refractivity contribution >= 4 is 10.0 Å². The van der Waals surface area contributed by atoms with Crippen LogP contribution in [0.5, 0.6) is 11.5 Å². The van der Waals surface area contributed by atoms with Crippen LogP contribution in [0.2, 0.25) is 0 Å². The zero-order valence-electron chi connectivity index (χ0n) is 12.4. The first-order valence-electron chi connectivity index (χ1n) is 7.32. The molecule has 0 bridgehead atoms. The molecule has 6 heteroatoms. The highest BCUT2D eigenvalue weighted by Crippen LogP contribution is 2.44. The molecule has 3 rings (SSSR count). The minimum Gasteiger partial charge on any atom is -0.495 e. The van der Waals surface area contributed by atoms with E-state index in [0.29, 0.717) is 24.0 Å². The number of ether oxygens (including phenoxy) is 2. The van der Waals surface area contributed by atoms with Crippen LogP contribution >= 0.6 is 0 Å². The van der Waals surface area contributed by atoms with E-state index >= 15 is 0 Å². The van der Waals surface area contributed by atoms with E-state index in [2.05, 4.69) is 0 Å². The van der Waals surface area contributed by atoms with Gasteiger partial charge in [0.2, 0.25) is 0 Å². The van der Waals surface area contributed by atoms with Crippen LogP contribution < -0.4 is 9.47 Å². The van der Waals surface area contributed by atoms with Gasteiger partial charge in [0.25, 0.3) is 10.0 Å². The Morgan fingerprint density at radius 3 is 2.24 bits per heavy atom. The highest BCUT2D eigenvalue weighted by Gasteiger charge is 2.45. The molecular weight excluding hydrogens is 290 g/mol. The van der Waals surface area contributed by atoms with Gasteiger partial charge in [-0.2, -0.15) is 4.31 Å². The zero-order valence-corrected chi connectivity index (χ0v) is 13.2. The van der Waals surface area contributed by atoms with Crippen LogP contribution in [0.1, 0.15) is 25.7 Å². The molecule has 1 aromatic carbocycles. The van der Waals surface area contributed by atoms with Crippen LogP contribution in [-0.2, 0) is 10.0 Å². The van der Waals surface area contributed by atoms with Gasteiger partial charge in [-0.15, -0.1) is 0 Å². The third-order valence-corrected chi connectivity index (χ3v) is 6.35. The molecule has 0 aromatic heterocycles. The highest BCUT2D eigenvalue weighted by atomic mass is 32.2. The van der Waals surface area contributed by atoms with Gasteiger partial charge in [-0.25, -0.2) is 8.42 Å². The molecule has 1 saturated heterocycles. The Labute approximate surface area is 125 Å². The normalized spacial score (nSPS) is 23.2. The summed E-state index contributed by atoms with van der Waals surface area (Å²) < 4.78 is 38.4. The first kappa shape index (κ1) is 14.7. The Bertz CT molecular complexity index is 602. The number of hydrogen-bond acceptors (Lipinski definition) is 4. The molecule has 0 spiro atoms. The molecular formula is C15H21NO4S. The molecule has 0 amide bonds. The van der Waals surface area contributed by atoms with Gasteiger partial charge in [0, 0.05) is 12.6 Å². The van der Waals surface area contributed by atoms with E-state index in [0.717, 1.165) is 25.7 Å². The Morgan fingerprint density at radius 2 is 1.71 bits per heavy atom. The summed E-state index contributed by atoms with van der Waals surface area (Å²) in [6.07, 6.45) is 4.17. The molecule has 1 aliphatic carbocycles. The van der Waals surface area contributed by atoms with Crippen LogP contribution in [-0.4, -0.2) is 39.5 Å². The summed E-state index contributed by atoms with van der Waals surface area (Å²) in [5, 5.41) is 0. The van der Waals surface area contributed by atoms with E-state index in [9.17, 15) is 8.42 Å². The summed E-state index contributed by atoms with van der Waals surface area (Å²) in [5.41, 5.74) is 0. The highest BCUT2D eigenvalue weighted by molar-refractivity contribution is 7.89. The topological polar surface area (TPSA) is 55.8 Å². The predicted molar refractivity (Wildman–Crippen MR) is 79.2 cm³/mol. The van der Waals surface area contributed by atoms with Crippen molar-refractivity contribution in [3.05, 3.63) is 18.2 Å². The summed E-state index contributed by atoms with van der Waals surface area (Å²) in [5.74, 6) is 1.22. The quantitative estimate of drug-likeness (QED) is 0.837. The van der Waals surface area contributed by atoms with E-state index in [1.807, 2.05) is 0 Å². The third kappa shape index (κ3) is 2.51. The number of methoxy groups -OCH3 is 2. The van der Waals surface area contributed by atoms with Crippen molar-refractivity contribution in [2.75, 3.05) is 20.8 Å². The molecule has 1 heterocycles. The average Bonchev–Trinajstić information content (AvgIpc) is 3.22. The van der Waals surface area contributed by atoms with Gasteiger partial charge in [0.1, 0.15) is 11.5 Å². The SMILES string of the molecule is COc1cccc(OC)c1S(=O)(=O)N1CCCC1C1CC1. The van der Waals surface area contributed by atoms with Gasteiger partial charge in [0.05, 0.1) is 14.2 Å². The Balaban J connectivity index is 2.05. The van der Waals surface area contributed by atoms with Crippen molar-refractivity contribution in [1.82, 2.24) is 4.31 Å². The van der Waals surface area contributed by atoms with Gasteiger partial charge in [0.15, 0.2) is 4.90 Å². The first-order chi connectivity index (χ1) is 10.1. The van der Waals surface area contributed by atoms with E-state index in [1.54, 1.807) is 22.5 Å². The minimum absolute atomic E-state index is 0.143. The van der Waals surface area contributed by atoms with E-state index in [1.165, 1.54) is 14.2 Å². The van der Waals surface area contributed by atoms with Gasteiger partial charge >= 0.3 is 0 Å². The fraction of sp³-hybridized carbons (Fsp3) is 0.600. The summed E-state index contributed by atoms with van der Waals surface area (Å²) >= 11 is 0. The second kappa shape index (κ2) is 5.50. The van der Waals surface area contributed by atoms with Gasteiger partial charge in [-0.1, -0.05) is 6.07 Å². The first-order valence-corrected chi connectivity index (χ1v) is 8.76. The third-order valence-electron chi connectivity index (χ3n) is 4.36. The fourth-order valence-electron chi connectivity index (χ4n) is 3.21. The average molecular weight is 311 g/mol. The molecule has 5 nitrogen and oxygen atoms in total. The van der Waals surface area contributed by atoms with Crippen LogP contribution in [0.3, 0.4) is 0 Å². The summed E-state index contributed by atoms with van der Waals surface area (Å²) in [4.78, 5) is 0.155. The smallest absolute Gasteiger partial charge is 0.250 e. The molecule has 1 aliphatic heterocycles. The lowest BCUT2D eigenvalue weighted by Gasteiger charge is -2.25. The van der Waals surface area contributed by atoms with Crippen molar-refractivity contribution in [2.45, 2.75) is 36.6 Å². The van der Waals surface area contributed by atoms with Crippen LogP contribution in [0, 0.1) is 5.92 Å². The standard InChI is InChI=1S/C15H21NO4S/c1-19-13-6-3-7-14(20-2)15(13)21(17,18)16-10-4-5-12(16)11-8-9-11/h3,6-7,11-12H,4-5,8-10H2,1-2H3. The second-order valence-electron chi connectivity index (χ2n) is 5.65. The Hall–Kier alpha value is -1.27. The second-order valence-corrected chi connectivity index (χ2v) is 7.48. The lowest BCUT2D eigenvalue weighted by atomic mass is 10.1. The zero-order chi connectivity index (χ0) is 15.0. The molecule has 0 radical (unpaired) electrons. The van der Waals surface area contributed by atoms with Crippen molar-refractivity contribution in [1.29, 1.82) is 0 Å². The predicted octanol–water partition coefficient (Wildman–Crippen LogP) is 2.27. The summed E-state index contributed by atoms with van der Waals surface area (Å²) in [6, 6.07) is 5.21. The molecule has 2 fully saturated rings. The molecule has 1 saturated carbocycles. The number of nitrogens with zero attached hydrogens (tertiary/aromatic N) is 1. The Kier molecular flexibility index (Phi) is 3.84. The monoisotopic (exact) mass is 311 g/mol. The largest absolute Gasteiger partial charge is 0.495 e. The van der Waals surface area contributed by atoms with Gasteiger partial charge in [-0.3, -0.25) is 0 Å². The lowest BCUT2D eigenvalue weighted by molar-refractivity contribution is 0.342. The lowest BCUT2D eigenvalue weighted by Crippen LogP contribution is -2.37. The molecule has 0 N–H and O–H groups in total. The summed E-state index contributed by atoms with van der Waals surface area (Å²) in [7, 11) is -0.630. The van der Waals surface area contributed by atoms with Crippen molar-refractivity contribution < 1.29 is 17.9 Å².